The van der Waals surface area contributed by atoms with Crippen LogP contribution in [-0.2, 0) is 0 Å². The van der Waals surface area contributed by atoms with Gasteiger partial charge >= 0.3 is 0 Å². The molecular formula is C20H19BrN6O. The second kappa shape index (κ2) is 6.94. The Morgan fingerprint density at radius 3 is 2.82 bits per heavy atom. The molecule has 1 saturated heterocycles. The molecule has 2 aliphatic rings. The molecule has 5 rings (SSSR count). The summed E-state index contributed by atoms with van der Waals surface area (Å²) in [4.78, 5) is 9.24. The summed E-state index contributed by atoms with van der Waals surface area (Å²) in [6.45, 7) is 3.46. The number of halogens is 1. The van der Waals surface area contributed by atoms with Crippen LogP contribution in [0.3, 0.4) is 0 Å². The summed E-state index contributed by atoms with van der Waals surface area (Å²) in [6, 6.07) is 13.6. The molecule has 28 heavy (non-hydrogen) atoms. The molecular weight excluding hydrogens is 420 g/mol. The van der Waals surface area contributed by atoms with Crippen LogP contribution in [0.15, 0.2) is 53.1 Å². The first kappa shape index (κ1) is 17.2. The Hall–Kier alpha value is -2.87. The Morgan fingerprint density at radius 2 is 2.00 bits per heavy atom. The fraction of sp³-hybridized carbons (Fsp3) is 0.250. The fourth-order valence-corrected chi connectivity index (χ4v) is 4.11. The number of aromatic hydroxyl groups is 1. The average Bonchev–Trinajstić information content (AvgIpc) is 2.74. The monoisotopic (exact) mass is 438 g/mol. The van der Waals surface area contributed by atoms with Gasteiger partial charge in [-0.05, 0) is 46.3 Å². The summed E-state index contributed by atoms with van der Waals surface area (Å²) >= 11 is 3.44. The number of pyridine rings is 1. The van der Waals surface area contributed by atoms with Crippen LogP contribution < -0.4 is 15.1 Å². The van der Waals surface area contributed by atoms with Crippen LogP contribution in [0.1, 0.15) is 0 Å². The van der Waals surface area contributed by atoms with E-state index in [4.69, 9.17) is 0 Å². The van der Waals surface area contributed by atoms with E-state index in [1.165, 1.54) is 0 Å². The van der Waals surface area contributed by atoms with Crippen molar-refractivity contribution in [3.63, 3.8) is 0 Å². The first-order valence-electron chi connectivity index (χ1n) is 9.22. The largest absolute Gasteiger partial charge is 0.507 e. The van der Waals surface area contributed by atoms with Gasteiger partial charge in [-0.25, -0.2) is 4.98 Å². The first-order valence-corrected chi connectivity index (χ1v) is 10.0. The van der Waals surface area contributed by atoms with E-state index in [2.05, 4.69) is 46.2 Å². The molecule has 3 aromatic rings. The SMILES string of the molecule is Oc1ccccc1-c1cc2c(nn1)NC[C@H]1CN(c3ccc(Br)cn3)CCN21. The van der Waals surface area contributed by atoms with E-state index in [0.29, 0.717) is 17.3 Å². The molecule has 7 nitrogen and oxygen atoms in total. The van der Waals surface area contributed by atoms with Gasteiger partial charge in [-0.15, -0.1) is 10.2 Å². The number of anilines is 3. The van der Waals surface area contributed by atoms with Gasteiger partial charge in [0.25, 0.3) is 0 Å². The third-order valence-corrected chi connectivity index (χ3v) is 5.76. The molecule has 142 valence electrons. The third kappa shape index (κ3) is 3.03. The number of fused-ring (bicyclic) bond motifs is 3. The van der Waals surface area contributed by atoms with E-state index >= 15 is 0 Å². The van der Waals surface area contributed by atoms with Crippen molar-refractivity contribution in [1.29, 1.82) is 0 Å². The van der Waals surface area contributed by atoms with Crippen molar-refractivity contribution in [2.24, 2.45) is 0 Å². The maximum absolute atomic E-state index is 10.2. The molecule has 0 spiro atoms. The molecule has 0 bridgehead atoms. The minimum atomic E-state index is 0.211. The van der Waals surface area contributed by atoms with Crippen molar-refractivity contribution >= 4 is 33.3 Å². The summed E-state index contributed by atoms with van der Waals surface area (Å²) in [6.07, 6.45) is 1.84. The van der Waals surface area contributed by atoms with E-state index in [1.807, 2.05) is 36.5 Å². The smallest absolute Gasteiger partial charge is 0.172 e. The minimum Gasteiger partial charge on any atom is -0.507 e. The number of rotatable bonds is 2. The molecule has 0 radical (unpaired) electrons. The lowest BCUT2D eigenvalue weighted by molar-refractivity contribution is 0.477. The molecule has 4 heterocycles. The van der Waals surface area contributed by atoms with Crippen LogP contribution >= 0.6 is 15.9 Å². The van der Waals surface area contributed by atoms with E-state index in [9.17, 15) is 5.11 Å². The van der Waals surface area contributed by atoms with Crippen molar-refractivity contribution in [2.75, 3.05) is 41.3 Å². The Kier molecular flexibility index (Phi) is 4.27. The van der Waals surface area contributed by atoms with Gasteiger partial charge in [-0.3, -0.25) is 0 Å². The Balaban J connectivity index is 1.43. The zero-order valence-corrected chi connectivity index (χ0v) is 16.7. The van der Waals surface area contributed by atoms with Crippen LogP contribution in [0, 0.1) is 0 Å². The summed E-state index contributed by atoms with van der Waals surface area (Å²) in [5.41, 5.74) is 2.40. The minimum absolute atomic E-state index is 0.211. The maximum atomic E-state index is 10.2. The van der Waals surface area contributed by atoms with Crippen LogP contribution in [0.4, 0.5) is 17.3 Å². The zero-order chi connectivity index (χ0) is 19.1. The highest BCUT2D eigenvalue weighted by Crippen LogP contribution is 2.36. The lowest BCUT2D eigenvalue weighted by Crippen LogP contribution is -2.58. The summed E-state index contributed by atoms with van der Waals surface area (Å²) in [5, 5.41) is 22.2. The van der Waals surface area contributed by atoms with Crippen LogP contribution in [0.2, 0.25) is 0 Å². The van der Waals surface area contributed by atoms with Gasteiger partial charge < -0.3 is 20.2 Å². The third-order valence-electron chi connectivity index (χ3n) is 5.29. The molecule has 0 saturated carbocycles. The molecule has 1 fully saturated rings. The van der Waals surface area contributed by atoms with Crippen molar-refractivity contribution in [3.8, 4) is 17.0 Å². The Labute approximate surface area is 171 Å². The highest BCUT2D eigenvalue weighted by molar-refractivity contribution is 9.10. The Bertz CT molecular complexity index is 1010. The van der Waals surface area contributed by atoms with Crippen molar-refractivity contribution in [3.05, 3.63) is 53.1 Å². The molecule has 2 aromatic heterocycles. The average molecular weight is 439 g/mol. The lowest BCUT2D eigenvalue weighted by Gasteiger charge is -2.46. The second-order valence-corrected chi connectivity index (χ2v) is 7.90. The molecule has 0 amide bonds. The summed E-state index contributed by atoms with van der Waals surface area (Å²) in [7, 11) is 0. The molecule has 0 unspecified atom stereocenters. The number of hydrogen-bond acceptors (Lipinski definition) is 7. The van der Waals surface area contributed by atoms with Crippen molar-refractivity contribution in [1.82, 2.24) is 15.2 Å². The topological polar surface area (TPSA) is 77.4 Å². The molecule has 2 aliphatic heterocycles. The molecule has 0 aliphatic carbocycles. The number of hydrogen-bond donors (Lipinski definition) is 2. The number of aromatic nitrogens is 3. The maximum Gasteiger partial charge on any atom is 0.172 e. The van der Waals surface area contributed by atoms with Crippen molar-refractivity contribution in [2.45, 2.75) is 6.04 Å². The number of para-hydroxylation sites is 1. The van der Waals surface area contributed by atoms with Gasteiger partial charge in [-0.2, -0.15) is 0 Å². The quantitative estimate of drug-likeness (QED) is 0.636. The fourth-order valence-electron chi connectivity index (χ4n) is 3.87. The van der Waals surface area contributed by atoms with Crippen LogP contribution in [0.25, 0.3) is 11.3 Å². The number of phenolic OH excluding ortho intramolecular Hbond substituents is 1. The highest BCUT2D eigenvalue weighted by atomic mass is 79.9. The van der Waals surface area contributed by atoms with Gasteiger partial charge in [0, 0.05) is 42.4 Å². The van der Waals surface area contributed by atoms with Gasteiger partial charge in [-0.1, -0.05) is 12.1 Å². The molecule has 1 atom stereocenters. The van der Waals surface area contributed by atoms with Gasteiger partial charge in [0.05, 0.1) is 17.4 Å². The predicted molar refractivity (Wildman–Crippen MR) is 113 cm³/mol. The van der Waals surface area contributed by atoms with Crippen LogP contribution in [-0.4, -0.2) is 52.5 Å². The standard InChI is InChI=1S/C20H19BrN6O/c21-13-5-6-19(22-10-13)26-7-8-27-14(12-26)11-23-20-17(27)9-16(24-25-20)15-3-1-2-4-18(15)28/h1-6,9-10,14,28H,7-8,11-12H2,(H,23,25)/t14-/m0/s1. The van der Waals surface area contributed by atoms with Crippen molar-refractivity contribution < 1.29 is 5.11 Å². The van der Waals surface area contributed by atoms with Gasteiger partial charge in [0.15, 0.2) is 5.82 Å². The number of phenols is 1. The van der Waals surface area contributed by atoms with Crippen LogP contribution in [0.5, 0.6) is 5.75 Å². The van der Waals surface area contributed by atoms with E-state index in [0.717, 1.165) is 48.0 Å². The number of benzene rings is 1. The second-order valence-electron chi connectivity index (χ2n) is 6.99. The predicted octanol–water partition coefficient (Wildman–Crippen LogP) is 3.13. The number of piperazine rings is 1. The highest BCUT2D eigenvalue weighted by Gasteiger charge is 2.33. The number of nitrogens with zero attached hydrogens (tertiary/aromatic N) is 5. The zero-order valence-electron chi connectivity index (χ0n) is 15.1. The van der Waals surface area contributed by atoms with E-state index < -0.39 is 0 Å². The van der Waals surface area contributed by atoms with E-state index in [1.54, 1.807) is 12.1 Å². The lowest BCUT2D eigenvalue weighted by atomic mass is 10.1. The normalized spacial score (nSPS) is 18.2. The van der Waals surface area contributed by atoms with Gasteiger partial charge in [0.1, 0.15) is 11.6 Å². The first-order chi connectivity index (χ1) is 13.7. The van der Waals surface area contributed by atoms with E-state index in [-0.39, 0.29) is 5.75 Å². The Morgan fingerprint density at radius 1 is 1.11 bits per heavy atom. The molecule has 1 aromatic carbocycles. The molecule has 2 N–H and O–H groups in total. The van der Waals surface area contributed by atoms with Gasteiger partial charge in [0.2, 0.25) is 0 Å². The summed E-state index contributed by atoms with van der Waals surface area (Å²) < 4.78 is 0.985. The summed E-state index contributed by atoms with van der Waals surface area (Å²) in [5.74, 6) is 2.00. The number of nitrogens with one attached hydrogen (secondary N) is 1. The molecule has 8 heteroatoms.